The van der Waals surface area contributed by atoms with Crippen LogP contribution in [0.25, 0.3) is 0 Å². The summed E-state index contributed by atoms with van der Waals surface area (Å²) >= 11 is 0. The van der Waals surface area contributed by atoms with Crippen LogP contribution >= 0.6 is 0 Å². The lowest BCUT2D eigenvalue weighted by molar-refractivity contribution is -0.129. The third kappa shape index (κ3) is 4.70. The Kier molecular flexibility index (Phi) is 5.65. The Morgan fingerprint density at radius 2 is 1.77 bits per heavy atom. The third-order valence-corrected chi connectivity index (χ3v) is 3.27. The molecule has 2 amide bonds. The van der Waals surface area contributed by atoms with Gasteiger partial charge in [0.25, 0.3) is 5.91 Å². The molecule has 1 heterocycles. The minimum absolute atomic E-state index is 0.0224. The van der Waals surface area contributed by atoms with E-state index in [0.717, 1.165) is 5.56 Å². The van der Waals surface area contributed by atoms with E-state index in [0.29, 0.717) is 25.2 Å². The fourth-order valence-corrected chi connectivity index (χ4v) is 2.05. The van der Waals surface area contributed by atoms with E-state index in [2.05, 4.69) is 10.3 Å². The average Bonchev–Trinajstić information content (AvgIpc) is 2.55. The Morgan fingerprint density at radius 3 is 2.41 bits per heavy atom. The van der Waals surface area contributed by atoms with Gasteiger partial charge in [-0.25, -0.2) is 0 Å². The number of carbonyl (C=O) groups excluding carboxylic acids is 2. The van der Waals surface area contributed by atoms with E-state index in [-0.39, 0.29) is 11.8 Å². The van der Waals surface area contributed by atoms with Gasteiger partial charge >= 0.3 is 0 Å². The predicted molar refractivity (Wildman–Crippen MR) is 84.1 cm³/mol. The van der Waals surface area contributed by atoms with Crippen molar-refractivity contribution in [1.29, 1.82) is 0 Å². The van der Waals surface area contributed by atoms with Crippen LogP contribution in [0, 0.1) is 0 Å². The van der Waals surface area contributed by atoms with E-state index >= 15 is 0 Å². The Bertz CT molecular complexity index is 614. The normalized spacial score (nSPS) is 10.0. The van der Waals surface area contributed by atoms with Crippen molar-refractivity contribution in [2.24, 2.45) is 0 Å². The van der Waals surface area contributed by atoms with Crippen LogP contribution in [0.5, 0.6) is 0 Å². The second kappa shape index (κ2) is 7.93. The van der Waals surface area contributed by atoms with Gasteiger partial charge in [0.1, 0.15) is 0 Å². The highest BCUT2D eigenvalue weighted by Crippen LogP contribution is 2.03. The molecule has 2 aromatic rings. The molecular formula is C17H19N3O2. The number of amides is 2. The molecule has 0 atom stereocenters. The SMILES string of the molecule is CC(=O)N(CCNC(=O)c1ccccc1)Cc1ccncc1. The minimum Gasteiger partial charge on any atom is -0.350 e. The van der Waals surface area contributed by atoms with Gasteiger partial charge in [0.05, 0.1) is 0 Å². The van der Waals surface area contributed by atoms with E-state index in [4.69, 9.17) is 0 Å². The van der Waals surface area contributed by atoms with Crippen molar-refractivity contribution in [3.8, 4) is 0 Å². The summed E-state index contributed by atoms with van der Waals surface area (Å²) in [6, 6.07) is 12.8. The third-order valence-electron chi connectivity index (χ3n) is 3.27. The summed E-state index contributed by atoms with van der Waals surface area (Å²) < 4.78 is 0. The van der Waals surface area contributed by atoms with E-state index < -0.39 is 0 Å². The summed E-state index contributed by atoms with van der Waals surface area (Å²) in [5, 5.41) is 2.82. The molecule has 1 N–H and O–H groups in total. The van der Waals surface area contributed by atoms with Crippen molar-refractivity contribution in [1.82, 2.24) is 15.2 Å². The van der Waals surface area contributed by atoms with Gasteiger partial charge in [0.2, 0.25) is 5.91 Å². The first kappa shape index (κ1) is 15.7. The topological polar surface area (TPSA) is 62.3 Å². The van der Waals surface area contributed by atoms with Crippen LogP contribution in [0.3, 0.4) is 0 Å². The lowest BCUT2D eigenvalue weighted by Gasteiger charge is -2.21. The number of nitrogens with zero attached hydrogens (tertiary/aromatic N) is 2. The molecule has 1 aromatic heterocycles. The second-order valence-electron chi connectivity index (χ2n) is 4.92. The molecule has 0 aliphatic rings. The number of nitrogens with one attached hydrogen (secondary N) is 1. The molecule has 0 saturated carbocycles. The number of rotatable bonds is 6. The molecule has 0 aliphatic carbocycles. The number of benzene rings is 1. The molecule has 0 aliphatic heterocycles. The molecule has 2 rings (SSSR count). The first-order valence-electron chi connectivity index (χ1n) is 7.14. The van der Waals surface area contributed by atoms with Gasteiger partial charge in [-0.3, -0.25) is 14.6 Å². The molecule has 0 fully saturated rings. The first-order valence-corrected chi connectivity index (χ1v) is 7.14. The summed E-state index contributed by atoms with van der Waals surface area (Å²) in [6.07, 6.45) is 3.40. The van der Waals surface area contributed by atoms with Crippen molar-refractivity contribution in [3.63, 3.8) is 0 Å². The number of hydrogen-bond donors (Lipinski definition) is 1. The Morgan fingerprint density at radius 1 is 1.09 bits per heavy atom. The highest BCUT2D eigenvalue weighted by Gasteiger charge is 2.10. The number of pyridine rings is 1. The summed E-state index contributed by atoms with van der Waals surface area (Å²) in [5.41, 5.74) is 1.63. The molecule has 0 radical (unpaired) electrons. The Balaban J connectivity index is 1.85. The molecule has 0 bridgehead atoms. The largest absolute Gasteiger partial charge is 0.350 e. The van der Waals surface area contributed by atoms with E-state index in [1.54, 1.807) is 29.4 Å². The van der Waals surface area contributed by atoms with E-state index in [1.165, 1.54) is 6.92 Å². The van der Waals surface area contributed by atoms with E-state index in [9.17, 15) is 9.59 Å². The molecule has 5 nitrogen and oxygen atoms in total. The Labute approximate surface area is 130 Å². The monoisotopic (exact) mass is 297 g/mol. The highest BCUT2D eigenvalue weighted by molar-refractivity contribution is 5.94. The van der Waals surface area contributed by atoms with Crippen LogP contribution in [0.15, 0.2) is 54.9 Å². The van der Waals surface area contributed by atoms with Crippen LogP contribution in [0.2, 0.25) is 0 Å². The first-order chi connectivity index (χ1) is 10.7. The average molecular weight is 297 g/mol. The van der Waals surface area contributed by atoms with Gasteiger partial charge in [0.15, 0.2) is 0 Å². The van der Waals surface area contributed by atoms with Crippen LogP contribution in [-0.4, -0.2) is 34.8 Å². The van der Waals surface area contributed by atoms with Crippen LogP contribution in [0.4, 0.5) is 0 Å². The van der Waals surface area contributed by atoms with Gasteiger partial charge in [0, 0.05) is 44.5 Å². The smallest absolute Gasteiger partial charge is 0.251 e. The van der Waals surface area contributed by atoms with Crippen molar-refractivity contribution in [2.45, 2.75) is 13.5 Å². The predicted octanol–water partition coefficient (Wildman–Crippen LogP) is 1.86. The van der Waals surface area contributed by atoms with Crippen molar-refractivity contribution < 1.29 is 9.59 Å². The zero-order valence-electron chi connectivity index (χ0n) is 12.5. The van der Waals surface area contributed by atoms with Gasteiger partial charge in [-0.05, 0) is 29.8 Å². The maximum Gasteiger partial charge on any atom is 0.251 e. The molecule has 0 unspecified atom stereocenters. The molecule has 22 heavy (non-hydrogen) atoms. The van der Waals surface area contributed by atoms with Gasteiger partial charge in [-0.15, -0.1) is 0 Å². The molecule has 1 aromatic carbocycles. The summed E-state index contributed by atoms with van der Waals surface area (Å²) in [6.45, 7) is 2.92. The summed E-state index contributed by atoms with van der Waals surface area (Å²) in [4.78, 5) is 29.3. The zero-order chi connectivity index (χ0) is 15.8. The number of aromatic nitrogens is 1. The van der Waals surface area contributed by atoms with Crippen LogP contribution in [-0.2, 0) is 11.3 Å². The van der Waals surface area contributed by atoms with Gasteiger partial charge in [-0.2, -0.15) is 0 Å². The lowest BCUT2D eigenvalue weighted by Crippen LogP contribution is -2.37. The molecule has 5 heteroatoms. The summed E-state index contributed by atoms with van der Waals surface area (Å²) in [5.74, 6) is -0.154. The van der Waals surface area contributed by atoms with Gasteiger partial charge in [-0.1, -0.05) is 18.2 Å². The maximum atomic E-state index is 11.9. The zero-order valence-corrected chi connectivity index (χ0v) is 12.5. The molecule has 0 spiro atoms. The fourth-order valence-electron chi connectivity index (χ4n) is 2.05. The van der Waals surface area contributed by atoms with Crippen molar-refractivity contribution in [2.75, 3.05) is 13.1 Å². The summed E-state index contributed by atoms with van der Waals surface area (Å²) in [7, 11) is 0. The van der Waals surface area contributed by atoms with E-state index in [1.807, 2.05) is 30.3 Å². The molecule has 0 saturated heterocycles. The van der Waals surface area contributed by atoms with Crippen LogP contribution in [0.1, 0.15) is 22.8 Å². The van der Waals surface area contributed by atoms with Crippen LogP contribution < -0.4 is 5.32 Å². The second-order valence-corrected chi connectivity index (χ2v) is 4.92. The maximum absolute atomic E-state index is 11.9. The fraction of sp³-hybridized carbons (Fsp3) is 0.235. The molecule has 114 valence electrons. The quantitative estimate of drug-likeness (QED) is 0.885. The minimum atomic E-state index is -0.131. The standard InChI is InChI=1S/C17H19N3O2/c1-14(21)20(13-15-7-9-18-10-8-15)12-11-19-17(22)16-5-3-2-4-6-16/h2-10H,11-13H2,1H3,(H,19,22). The highest BCUT2D eigenvalue weighted by atomic mass is 16.2. The Hall–Kier alpha value is -2.69. The number of hydrogen-bond acceptors (Lipinski definition) is 3. The molecular weight excluding hydrogens is 278 g/mol. The van der Waals surface area contributed by atoms with Crippen molar-refractivity contribution in [3.05, 3.63) is 66.0 Å². The van der Waals surface area contributed by atoms with Gasteiger partial charge < -0.3 is 10.2 Å². The number of carbonyl (C=O) groups is 2. The lowest BCUT2D eigenvalue weighted by atomic mass is 10.2. The van der Waals surface area contributed by atoms with Crippen molar-refractivity contribution >= 4 is 11.8 Å².